The van der Waals surface area contributed by atoms with Crippen molar-refractivity contribution in [3.8, 4) is 0 Å². The smallest absolute Gasteiger partial charge is 0.462 e. The molecule has 0 saturated carbocycles. The molecule has 12 heteroatoms. The number of carbonyl (C=O) groups excluding carboxylic acids is 3. The highest BCUT2D eigenvalue weighted by Crippen LogP contribution is 2.43. The molecule has 0 radical (unpaired) electrons. The predicted octanol–water partition coefficient (Wildman–Crippen LogP) is 19.5. The van der Waals surface area contributed by atoms with Crippen molar-refractivity contribution in [1.82, 2.24) is 0 Å². The first-order chi connectivity index (χ1) is 40.2. The van der Waals surface area contributed by atoms with Crippen LogP contribution in [0.4, 0.5) is 0 Å². The van der Waals surface area contributed by atoms with E-state index in [9.17, 15) is 28.9 Å². The summed E-state index contributed by atoms with van der Waals surface area (Å²) < 4.78 is 39.6. The van der Waals surface area contributed by atoms with Crippen molar-refractivity contribution in [2.24, 2.45) is 0 Å². The highest BCUT2D eigenvalue weighted by atomic mass is 31.2. The summed E-state index contributed by atoms with van der Waals surface area (Å²) in [5.41, 5.74) is 0. The van der Waals surface area contributed by atoms with Crippen molar-refractivity contribution < 1.29 is 52.2 Å². The van der Waals surface area contributed by atoms with E-state index in [0.29, 0.717) is 19.3 Å². The van der Waals surface area contributed by atoms with Gasteiger partial charge in [-0.1, -0.05) is 237 Å². The molecule has 0 fully saturated rings. The van der Waals surface area contributed by atoms with Gasteiger partial charge in [-0.3, -0.25) is 23.4 Å². The van der Waals surface area contributed by atoms with Gasteiger partial charge in [0.1, 0.15) is 12.7 Å². The topological polar surface area (TPSA) is 155 Å². The van der Waals surface area contributed by atoms with E-state index >= 15 is 0 Å². The number of rotatable bonds is 57. The molecule has 3 unspecified atom stereocenters. The molecule has 0 aliphatic carbocycles. The van der Waals surface area contributed by atoms with Gasteiger partial charge in [-0.15, -0.1) is 0 Å². The fourth-order valence-electron chi connectivity index (χ4n) is 7.99. The Labute approximate surface area is 499 Å². The SMILES string of the molecule is CC/C=C\C/C=C\C/C=C\C/C=C\C/C=C\C/C=C\CCC(=O)OCC(COP(=O)(O)OCC(CO)OC(=O)CCCCCCCCC/C=C\C/C=C\C/C=C\CC)OC(=O)CCCCCCCC/C=C\C/C=C\C/C=C\CCCCC. The number of hydrogen-bond acceptors (Lipinski definition) is 10. The van der Waals surface area contributed by atoms with E-state index in [1.807, 2.05) is 12.2 Å². The van der Waals surface area contributed by atoms with Crippen LogP contribution in [0.15, 0.2) is 146 Å². The quantitative estimate of drug-likeness (QED) is 0.0197. The van der Waals surface area contributed by atoms with Gasteiger partial charge in [0.05, 0.1) is 19.8 Å². The average Bonchev–Trinajstić information content (AvgIpc) is 3.47. The Morgan fingerprint density at radius 2 is 0.659 bits per heavy atom. The van der Waals surface area contributed by atoms with E-state index in [2.05, 4.69) is 154 Å². The number of esters is 3. The largest absolute Gasteiger partial charge is 0.472 e. The molecule has 2 N–H and O–H groups in total. The molecule has 0 heterocycles. The normalized spacial score (nSPS) is 14.3. The number of unbranched alkanes of at least 4 members (excludes halogenated alkanes) is 16. The molecule has 0 aromatic rings. The summed E-state index contributed by atoms with van der Waals surface area (Å²) >= 11 is 0. The van der Waals surface area contributed by atoms with Crippen molar-refractivity contribution >= 4 is 25.7 Å². The molecular weight excluding hydrogens is 1050 g/mol. The van der Waals surface area contributed by atoms with Crippen LogP contribution in [0.5, 0.6) is 0 Å². The molecule has 0 saturated heterocycles. The van der Waals surface area contributed by atoms with Crippen molar-refractivity contribution in [2.75, 3.05) is 26.4 Å². The van der Waals surface area contributed by atoms with E-state index in [4.69, 9.17) is 23.3 Å². The molecule has 3 atom stereocenters. The van der Waals surface area contributed by atoms with Crippen molar-refractivity contribution in [2.45, 2.75) is 251 Å². The van der Waals surface area contributed by atoms with Crippen LogP contribution >= 0.6 is 7.82 Å². The van der Waals surface area contributed by atoms with Gasteiger partial charge in [0.15, 0.2) is 6.10 Å². The Morgan fingerprint density at radius 1 is 0.354 bits per heavy atom. The van der Waals surface area contributed by atoms with Crippen LogP contribution in [-0.2, 0) is 42.2 Å². The maximum absolute atomic E-state index is 13.0. The van der Waals surface area contributed by atoms with Crippen LogP contribution in [0, 0.1) is 0 Å². The Balaban J connectivity index is 4.86. The molecule has 0 aliphatic rings. The van der Waals surface area contributed by atoms with Crippen molar-refractivity contribution in [3.63, 3.8) is 0 Å². The molecule has 0 bridgehead atoms. The lowest BCUT2D eigenvalue weighted by Gasteiger charge is -2.21. The molecule has 0 aromatic heterocycles. The van der Waals surface area contributed by atoms with Gasteiger partial charge in [0.25, 0.3) is 0 Å². The number of allylic oxidation sites excluding steroid dienone is 24. The third kappa shape index (κ3) is 60.0. The minimum Gasteiger partial charge on any atom is -0.462 e. The summed E-state index contributed by atoms with van der Waals surface area (Å²) in [5, 5.41) is 9.85. The molecule has 0 spiro atoms. The molecule has 0 amide bonds. The minimum atomic E-state index is -4.79. The van der Waals surface area contributed by atoms with Crippen molar-refractivity contribution in [1.29, 1.82) is 0 Å². The first-order valence-electron chi connectivity index (χ1n) is 31.7. The van der Waals surface area contributed by atoms with E-state index in [1.54, 1.807) is 0 Å². The standard InChI is InChI=1S/C70H113O11P/c1-4-7-10-13-16-19-22-25-28-31-33-36-38-41-44-47-50-53-56-59-68(72)77-63-67(81-70(74)61-58-55-52-49-46-43-40-37-34-32-29-26-23-20-17-14-11-8-5-2)65-79-82(75,76)78-64-66(62-71)80-69(73)60-57-54-51-48-45-42-39-35-30-27-24-21-18-15-12-9-6-3/h7,9-10,12,16-21,25-30,33-34,36-37,41,44,50,53,66-67,71H,4-6,8,11,13-15,22-24,31-32,35,38-40,42-43,45-49,51-52,54-65H2,1-3H3,(H,75,76)/b10-7-,12-9-,19-16-,20-17-,21-18-,28-25-,29-26-,30-27-,36-33-,37-34-,44-41-,53-50-. The Kier molecular flexibility index (Phi) is 58.9. The third-order valence-corrected chi connectivity index (χ3v) is 13.7. The zero-order valence-corrected chi connectivity index (χ0v) is 52.3. The number of phosphoric ester groups is 1. The van der Waals surface area contributed by atoms with Gasteiger partial charge in [-0.05, 0) is 128 Å². The second-order valence-electron chi connectivity index (χ2n) is 20.5. The lowest BCUT2D eigenvalue weighted by molar-refractivity contribution is -0.161. The van der Waals surface area contributed by atoms with Gasteiger partial charge in [0.2, 0.25) is 0 Å². The van der Waals surface area contributed by atoms with Crippen LogP contribution in [0.1, 0.15) is 239 Å². The molecule has 0 aromatic carbocycles. The van der Waals surface area contributed by atoms with E-state index in [-0.39, 0.29) is 25.9 Å². The van der Waals surface area contributed by atoms with Crippen LogP contribution in [0.2, 0.25) is 0 Å². The second-order valence-corrected chi connectivity index (χ2v) is 21.9. The van der Waals surface area contributed by atoms with E-state index in [1.165, 1.54) is 32.1 Å². The maximum Gasteiger partial charge on any atom is 0.472 e. The number of ether oxygens (including phenoxy) is 3. The van der Waals surface area contributed by atoms with Crippen LogP contribution in [0.25, 0.3) is 0 Å². The van der Waals surface area contributed by atoms with Gasteiger partial charge in [-0.2, -0.15) is 0 Å². The van der Waals surface area contributed by atoms with Crippen LogP contribution < -0.4 is 0 Å². The predicted molar refractivity (Wildman–Crippen MR) is 343 cm³/mol. The Morgan fingerprint density at radius 3 is 1.02 bits per heavy atom. The molecule has 0 rings (SSSR count). The zero-order chi connectivity index (χ0) is 59.8. The van der Waals surface area contributed by atoms with Gasteiger partial charge >= 0.3 is 25.7 Å². The monoisotopic (exact) mass is 1160 g/mol. The third-order valence-electron chi connectivity index (χ3n) is 12.7. The van der Waals surface area contributed by atoms with E-state index in [0.717, 1.165) is 148 Å². The van der Waals surface area contributed by atoms with E-state index < -0.39 is 57.8 Å². The highest BCUT2D eigenvalue weighted by molar-refractivity contribution is 7.47. The molecular formula is C70H113O11P. The fourth-order valence-corrected chi connectivity index (χ4v) is 8.77. The number of carbonyl (C=O) groups is 3. The summed E-state index contributed by atoms with van der Waals surface area (Å²) in [4.78, 5) is 48.7. The van der Waals surface area contributed by atoms with Gasteiger partial charge < -0.3 is 24.2 Å². The summed E-state index contributed by atoms with van der Waals surface area (Å²) in [6.07, 6.45) is 80.9. The molecule has 82 heavy (non-hydrogen) atoms. The summed E-state index contributed by atoms with van der Waals surface area (Å²) in [6.45, 7) is 4.28. The zero-order valence-electron chi connectivity index (χ0n) is 51.4. The summed E-state index contributed by atoms with van der Waals surface area (Å²) in [7, 11) is -4.79. The molecule has 0 aliphatic heterocycles. The maximum atomic E-state index is 13.0. The molecule has 464 valence electrons. The second kappa shape index (κ2) is 62.4. The van der Waals surface area contributed by atoms with Gasteiger partial charge in [-0.25, -0.2) is 4.57 Å². The lowest BCUT2D eigenvalue weighted by Crippen LogP contribution is -2.30. The highest BCUT2D eigenvalue weighted by Gasteiger charge is 2.28. The summed E-state index contributed by atoms with van der Waals surface area (Å²) in [6, 6.07) is 0. The fraction of sp³-hybridized carbons (Fsp3) is 0.614. The first-order valence-corrected chi connectivity index (χ1v) is 33.2. The van der Waals surface area contributed by atoms with Gasteiger partial charge in [0, 0.05) is 19.3 Å². The number of hydrogen-bond donors (Lipinski definition) is 2. The number of phosphoric acid groups is 1. The first kappa shape index (κ1) is 77.4. The Hall–Kier alpha value is -4.64. The number of aliphatic hydroxyl groups excluding tert-OH is 1. The average molecular weight is 1160 g/mol. The van der Waals surface area contributed by atoms with Crippen LogP contribution in [-0.4, -0.2) is 66.5 Å². The van der Waals surface area contributed by atoms with Crippen molar-refractivity contribution in [3.05, 3.63) is 146 Å². The summed E-state index contributed by atoms with van der Waals surface area (Å²) in [5.74, 6) is -1.60. The molecule has 11 nitrogen and oxygen atoms in total. The minimum absolute atomic E-state index is 0.0899. The Bertz CT molecular complexity index is 1930. The number of aliphatic hydroxyl groups is 1. The van der Waals surface area contributed by atoms with Crippen LogP contribution in [0.3, 0.4) is 0 Å². The lowest BCUT2D eigenvalue weighted by atomic mass is 10.1.